The van der Waals surface area contributed by atoms with E-state index >= 15 is 0 Å². The van der Waals surface area contributed by atoms with Crippen molar-refractivity contribution in [1.29, 1.82) is 0 Å². The number of esters is 2. The van der Waals surface area contributed by atoms with Gasteiger partial charge in [-0.05, 0) is 48.4 Å². The molecule has 0 fully saturated rings. The molecule has 0 saturated carbocycles. The highest BCUT2D eigenvalue weighted by Gasteiger charge is 2.33. The van der Waals surface area contributed by atoms with Crippen LogP contribution in [0.1, 0.15) is 31.0 Å². The van der Waals surface area contributed by atoms with Crippen LogP contribution in [0.3, 0.4) is 0 Å². The summed E-state index contributed by atoms with van der Waals surface area (Å²) in [4.78, 5) is 42.7. The van der Waals surface area contributed by atoms with Gasteiger partial charge in [0.1, 0.15) is 18.2 Å². The molecule has 1 atom stereocenters. The first-order valence-electron chi connectivity index (χ1n) is 10.6. The monoisotopic (exact) mass is 492 g/mol. The molecule has 0 radical (unpaired) electrons. The molecule has 0 spiro atoms. The average molecular weight is 493 g/mol. The summed E-state index contributed by atoms with van der Waals surface area (Å²) >= 11 is 1.17. The van der Waals surface area contributed by atoms with E-state index in [-0.39, 0.29) is 23.6 Å². The summed E-state index contributed by atoms with van der Waals surface area (Å²) in [5, 5.41) is 0. The largest absolute Gasteiger partial charge is 0.458 e. The van der Waals surface area contributed by atoms with Gasteiger partial charge in [0.05, 0.1) is 21.8 Å². The quantitative estimate of drug-likeness (QED) is 0.300. The number of thiazole rings is 1. The van der Waals surface area contributed by atoms with E-state index < -0.39 is 18.0 Å². The summed E-state index contributed by atoms with van der Waals surface area (Å²) in [7, 11) is 0. The van der Waals surface area contributed by atoms with Gasteiger partial charge >= 0.3 is 11.9 Å². The van der Waals surface area contributed by atoms with Crippen molar-refractivity contribution in [3.8, 4) is 5.75 Å². The molecule has 1 aliphatic rings. The standard InChI is InChI=1S/C26H21FN2O5S/c1-4-13-33-25(32)22-15(2)28-26-29(23(22)18-7-11-20(12-8-18)34-16(3)30)24(31)21(35-26)14-17-5-9-19(27)10-6-17/h4-12,14,23H,1,13H2,2-3H3/b21-14-/t23-/m1/s1. The van der Waals surface area contributed by atoms with Crippen molar-refractivity contribution >= 4 is 29.4 Å². The van der Waals surface area contributed by atoms with Crippen molar-refractivity contribution in [2.24, 2.45) is 4.99 Å². The molecule has 9 heteroatoms. The maximum Gasteiger partial charge on any atom is 0.338 e. The lowest BCUT2D eigenvalue weighted by Crippen LogP contribution is -2.39. The van der Waals surface area contributed by atoms with Gasteiger partial charge in [0.25, 0.3) is 5.56 Å². The number of hydrogen-bond donors (Lipinski definition) is 0. The van der Waals surface area contributed by atoms with Gasteiger partial charge in [-0.25, -0.2) is 14.2 Å². The Morgan fingerprint density at radius 1 is 1.17 bits per heavy atom. The lowest BCUT2D eigenvalue weighted by molar-refractivity contribution is -0.138. The number of nitrogens with zero attached hydrogens (tertiary/aromatic N) is 2. The molecule has 0 N–H and O–H groups in total. The Balaban J connectivity index is 1.88. The zero-order chi connectivity index (χ0) is 25.1. The van der Waals surface area contributed by atoms with Crippen LogP contribution in [-0.4, -0.2) is 23.1 Å². The van der Waals surface area contributed by atoms with Gasteiger partial charge in [-0.2, -0.15) is 0 Å². The zero-order valence-corrected chi connectivity index (χ0v) is 19.8. The van der Waals surface area contributed by atoms with Crippen molar-refractivity contribution in [3.63, 3.8) is 0 Å². The molecule has 1 aromatic heterocycles. The second-order valence-electron chi connectivity index (χ2n) is 7.68. The van der Waals surface area contributed by atoms with E-state index in [2.05, 4.69) is 11.6 Å². The Hall–Kier alpha value is -4.11. The van der Waals surface area contributed by atoms with Gasteiger partial charge in [0.15, 0.2) is 4.80 Å². The Morgan fingerprint density at radius 3 is 2.49 bits per heavy atom. The molecule has 7 nitrogen and oxygen atoms in total. The molecule has 2 aromatic carbocycles. The van der Waals surface area contributed by atoms with E-state index in [9.17, 15) is 18.8 Å². The molecule has 0 saturated heterocycles. The number of fused-ring (bicyclic) bond motifs is 1. The summed E-state index contributed by atoms with van der Waals surface area (Å²) in [6.45, 7) is 6.55. The first-order chi connectivity index (χ1) is 16.8. The fourth-order valence-corrected chi connectivity index (χ4v) is 4.75. The topological polar surface area (TPSA) is 87.0 Å². The van der Waals surface area contributed by atoms with E-state index in [0.29, 0.717) is 31.9 Å². The number of benzene rings is 2. The van der Waals surface area contributed by atoms with Crippen LogP contribution in [-0.2, 0) is 14.3 Å². The number of halogens is 1. The van der Waals surface area contributed by atoms with Crippen molar-refractivity contribution in [2.75, 3.05) is 6.61 Å². The van der Waals surface area contributed by atoms with Gasteiger partial charge in [-0.15, -0.1) is 0 Å². The number of hydrogen-bond acceptors (Lipinski definition) is 7. The van der Waals surface area contributed by atoms with Crippen LogP contribution >= 0.6 is 11.3 Å². The van der Waals surface area contributed by atoms with E-state index in [1.54, 1.807) is 49.4 Å². The predicted octanol–water partition coefficient (Wildman–Crippen LogP) is 3.03. The third kappa shape index (κ3) is 5.04. The molecule has 0 unspecified atom stereocenters. The third-order valence-electron chi connectivity index (χ3n) is 5.20. The Kier molecular flexibility index (Phi) is 6.88. The van der Waals surface area contributed by atoms with Gasteiger partial charge in [0.2, 0.25) is 0 Å². The SMILES string of the molecule is C=CCOC(=O)C1=C(C)N=c2s/c(=C\c3ccc(F)cc3)c(=O)n2[C@@H]1c1ccc(OC(C)=O)cc1. The number of rotatable bonds is 6. The van der Waals surface area contributed by atoms with E-state index in [0.717, 1.165) is 0 Å². The number of allylic oxidation sites excluding steroid dienone is 1. The minimum absolute atomic E-state index is 0.00269. The Bertz CT molecular complexity index is 1520. The average Bonchev–Trinajstić information content (AvgIpc) is 3.12. The summed E-state index contributed by atoms with van der Waals surface area (Å²) in [5.74, 6) is -1.12. The van der Waals surface area contributed by atoms with Crippen LogP contribution in [0.2, 0.25) is 0 Å². The van der Waals surface area contributed by atoms with Gasteiger partial charge < -0.3 is 9.47 Å². The highest BCUT2D eigenvalue weighted by Crippen LogP contribution is 2.31. The highest BCUT2D eigenvalue weighted by atomic mass is 32.1. The fourth-order valence-electron chi connectivity index (χ4n) is 3.70. The molecule has 4 rings (SSSR count). The fraction of sp³-hybridized carbons (Fsp3) is 0.154. The summed E-state index contributed by atoms with van der Waals surface area (Å²) < 4.78 is 25.5. The van der Waals surface area contributed by atoms with Crippen LogP contribution in [0, 0.1) is 5.82 Å². The van der Waals surface area contributed by atoms with E-state index in [4.69, 9.17) is 9.47 Å². The minimum atomic E-state index is -0.815. The smallest absolute Gasteiger partial charge is 0.338 e. The predicted molar refractivity (Wildman–Crippen MR) is 129 cm³/mol. The van der Waals surface area contributed by atoms with Crippen molar-refractivity contribution in [3.05, 3.63) is 109 Å². The maximum atomic E-state index is 13.5. The van der Waals surface area contributed by atoms with Gasteiger partial charge in [-0.1, -0.05) is 48.3 Å². The summed E-state index contributed by atoms with van der Waals surface area (Å²) in [6, 6.07) is 11.5. The van der Waals surface area contributed by atoms with Crippen LogP contribution in [0.15, 0.2) is 82.2 Å². The second kappa shape index (κ2) is 10.0. The number of carbonyl (C=O) groups excluding carboxylic acids is 2. The Labute approximate surface area is 203 Å². The van der Waals surface area contributed by atoms with Crippen LogP contribution < -0.4 is 19.6 Å². The molecular weight excluding hydrogens is 471 g/mol. The molecule has 2 heterocycles. The molecule has 178 valence electrons. The normalized spacial score (nSPS) is 15.3. The van der Waals surface area contributed by atoms with Crippen molar-refractivity contribution < 1.29 is 23.5 Å². The van der Waals surface area contributed by atoms with Gasteiger partial charge in [0, 0.05) is 6.92 Å². The maximum absolute atomic E-state index is 13.5. The van der Waals surface area contributed by atoms with E-state index in [1.807, 2.05) is 0 Å². The molecule has 0 aliphatic carbocycles. The van der Waals surface area contributed by atoms with Crippen molar-refractivity contribution in [2.45, 2.75) is 19.9 Å². The second-order valence-corrected chi connectivity index (χ2v) is 8.69. The first kappa shape index (κ1) is 24.0. The van der Waals surface area contributed by atoms with Crippen LogP contribution in [0.5, 0.6) is 5.75 Å². The first-order valence-corrected chi connectivity index (χ1v) is 11.4. The third-order valence-corrected chi connectivity index (χ3v) is 6.18. The zero-order valence-electron chi connectivity index (χ0n) is 19.0. The lowest BCUT2D eigenvalue weighted by atomic mass is 9.96. The van der Waals surface area contributed by atoms with E-state index in [1.165, 1.54) is 41.0 Å². The molecular formula is C26H21FN2O5S. The van der Waals surface area contributed by atoms with Gasteiger partial charge in [-0.3, -0.25) is 14.2 Å². The highest BCUT2D eigenvalue weighted by molar-refractivity contribution is 7.07. The molecule has 3 aromatic rings. The number of carbonyl (C=O) groups is 2. The summed E-state index contributed by atoms with van der Waals surface area (Å²) in [5.41, 5.74) is 1.54. The molecule has 0 amide bonds. The molecule has 35 heavy (non-hydrogen) atoms. The Morgan fingerprint density at radius 2 is 1.86 bits per heavy atom. The van der Waals surface area contributed by atoms with Crippen LogP contribution in [0.25, 0.3) is 6.08 Å². The number of ether oxygens (including phenoxy) is 2. The summed E-state index contributed by atoms with van der Waals surface area (Å²) in [6.07, 6.45) is 3.10. The lowest BCUT2D eigenvalue weighted by Gasteiger charge is -2.24. The molecule has 0 bridgehead atoms. The van der Waals surface area contributed by atoms with Crippen molar-refractivity contribution in [1.82, 2.24) is 4.57 Å². The van der Waals surface area contributed by atoms with Crippen LogP contribution in [0.4, 0.5) is 4.39 Å². The molecule has 1 aliphatic heterocycles. The minimum Gasteiger partial charge on any atom is -0.458 e. The number of aromatic nitrogens is 1.